The van der Waals surface area contributed by atoms with Crippen LogP contribution in [0.3, 0.4) is 0 Å². The van der Waals surface area contributed by atoms with Crippen LogP contribution in [-0.2, 0) is 0 Å². The summed E-state index contributed by atoms with van der Waals surface area (Å²) in [6, 6.07) is 8.26. The number of hydrogen-bond acceptors (Lipinski definition) is 2. The fraction of sp³-hybridized carbons (Fsp3) is 0.200. The Bertz CT molecular complexity index is 338. The Kier molecular flexibility index (Phi) is 4.15. The second kappa shape index (κ2) is 5.64. The molecular weight excluding hydrogens is 194 g/mol. The molecule has 5 nitrogen and oxygen atoms in total. The normalized spacial score (nSPS) is 9.33. The highest BCUT2D eigenvalue weighted by Gasteiger charge is 2.02. The van der Waals surface area contributed by atoms with Crippen LogP contribution in [0.5, 0.6) is 0 Å². The molecule has 0 radical (unpaired) electrons. The zero-order chi connectivity index (χ0) is 11.1. The highest BCUT2D eigenvalue weighted by atomic mass is 16.2. The fourth-order valence-electron chi connectivity index (χ4n) is 1.05. The van der Waals surface area contributed by atoms with Crippen molar-refractivity contribution >= 4 is 11.9 Å². The molecule has 0 saturated heterocycles. The highest BCUT2D eigenvalue weighted by molar-refractivity contribution is 5.94. The van der Waals surface area contributed by atoms with Crippen LogP contribution >= 0.6 is 0 Å². The lowest BCUT2D eigenvalue weighted by Gasteiger charge is -2.04. The van der Waals surface area contributed by atoms with E-state index in [-0.39, 0.29) is 5.91 Å². The average molecular weight is 207 g/mol. The molecular formula is C10H13N3O2. The number of carbonyl (C=O) groups excluding carboxylic acids is 2. The van der Waals surface area contributed by atoms with Gasteiger partial charge in [-0.1, -0.05) is 18.2 Å². The Morgan fingerprint density at radius 1 is 1.07 bits per heavy atom. The quantitative estimate of drug-likeness (QED) is 0.611. The van der Waals surface area contributed by atoms with Crippen LogP contribution in [0.2, 0.25) is 0 Å². The lowest BCUT2D eigenvalue weighted by molar-refractivity contribution is 0.0954. The Morgan fingerprint density at radius 3 is 2.27 bits per heavy atom. The predicted molar refractivity (Wildman–Crippen MR) is 56.4 cm³/mol. The molecule has 0 aliphatic carbocycles. The monoisotopic (exact) mass is 207 g/mol. The molecule has 0 aliphatic rings. The maximum atomic E-state index is 11.4. The van der Waals surface area contributed by atoms with Gasteiger partial charge in [-0.3, -0.25) is 4.79 Å². The molecule has 0 aromatic heterocycles. The van der Waals surface area contributed by atoms with Crippen LogP contribution in [0, 0.1) is 0 Å². The highest BCUT2D eigenvalue weighted by Crippen LogP contribution is 1.96. The predicted octanol–water partition coefficient (Wildman–Crippen LogP) is 0.0847. The number of urea groups is 1. The molecule has 1 aromatic rings. The zero-order valence-electron chi connectivity index (χ0n) is 8.19. The summed E-state index contributed by atoms with van der Waals surface area (Å²) in [6.07, 6.45) is 0. The van der Waals surface area contributed by atoms with E-state index < -0.39 is 6.03 Å². The lowest BCUT2D eigenvalue weighted by Crippen LogP contribution is -2.37. The number of primary amides is 1. The van der Waals surface area contributed by atoms with Gasteiger partial charge in [-0.25, -0.2) is 4.79 Å². The Hall–Kier alpha value is -2.04. The molecule has 0 saturated carbocycles. The summed E-state index contributed by atoms with van der Waals surface area (Å²) in [5.41, 5.74) is 5.45. The van der Waals surface area contributed by atoms with Gasteiger partial charge in [0.15, 0.2) is 0 Å². The van der Waals surface area contributed by atoms with Crippen LogP contribution in [0.1, 0.15) is 10.4 Å². The standard InChI is InChI=1S/C10H13N3O2/c11-10(15)13-7-6-12-9(14)8-4-2-1-3-5-8/h1-5H,6-7H2,(H,12,14)(H3,11,13,15). The second-order valence-corrected chi connectivity index (χ2v) is 2.91. The molecule has 0 atom stereocenters. The number of rotatable bonds is 4. The van der Waals surface area contributed by atoms with Gasteiger partial charge in [-0.05, 0) is 12.1 Å². The molecule has 1 rings (SSSR count). The Balaban J connectivity index is 2.28. The number of nitrogens with one attached hydrogen (secondary N) is 2. The van der Waals surface area contributed by atoms with Crippen molar-refractivity contribution in [1.82, 2.24) is 10.6 Å². The van der Waals surface area contributed by atoms with E-state index in [0.717, 1.165) is 0 Å². The van der Waals surface area contributed by atoms with Crippen molar-refractivity contribution in [2.45, 2.75) is 0 Å². The smallest absolute Gasteiger partial charge is 0.312 e. The molecule has 80 valence electrons. The van der Waals surface area contributed by atoms with Gasteiger partial charge >= 0.3 is 6.03 Å². The van der Waals surface area contributed by atoms with Crippen molar-refractivity contribution in [2.24, 2.45) is 5.73 Å². The van der Waals surface area contributed by atoms with E-state index in [9.17, 15) is 9.59 Å². The van der Waals surface area contributed by atoms with E-state index in [1.54, 1.807) is 24.3 Å². The molecule has 0 unspecified atom stereocenters. The van der Waals surface area contributed by atoms with E-state index in [2.05, 4.69) is 10.6 Å². The van der Waals surface area contributed by atoms with Gasteiger partial charge in [0.25, 0.3) is 5.91 Å². The van der Waals surface area contributed by atoms with Gasteiger partial charge in [-0.15, -0.1) is 0 Å². The number of hydrogen-bond donors (Lipinski definition) is 3. The van der Waals surface area contributed by atoms with E-state index >= 15 is 0 Å². The SMILES string of the molecule is NC(=O)NCCNC(=O)c1ccccc1. The minimum absolute atomic E-state index is 0.165. The first kappa shape index (κ1) is 11.0. The first-order chi connectivity index (χ1) is 7.20. The minimum Gasteiger partial charge on any atom is -0.352 e. The zero-order valence-corrected chi connectivity index (χ0v) is 8.19. The molecule has 1 aromatic carbocycles. The molecule has 0 heterocycles. The molecule has 0 spiro atoms. The van der Waals surface area contributed by atoms with E-state index in [1.165, 1.54) is 0 Å². The van der Waals surface area contributed by atoms with E-state index in [0.29, 0.717) is 18.7 Å². The molecule has 4 N–H and O–H groups in total. The minimum atomic E-state index is -0.594. The van der Waals surface area contributed by atoms with Crippen molar-refractivity contribution in [3.63, 3.8) is 0 Å². The third-order valence-corrected chi connectivity index (χ3v) is 1.75. The van der Waals surface area contributed by atoms with Crippen molar-refractivity contribution in [1.29, 1.82) is 0 Å². The molecule has 5 heteroatoms. The maximum absolute atomic E-state index is 11.4. The average Bonchev–Trinajstić information content (AvgIpc) is 2.25. The van der Waals surface area contributed by atoms with Gasteiger partial charge < -0.3 is 16.4 Å². The van der Waals surface area contributed by atoms with Crippen LogP contribution in [0.15, 0.2) is 30.3 Å². The third kappa shape index (κ3) is 4.12. The maximum Gasteiger partial charge on any atom is 0.312 e. The largest absolute Gasteiger partial charge is 0.352 e. The van der Waals surface area contributed by atoms with Gasteiger partial charge in [0.2, 0.25) is 0 Å². The van der Waals surface area contributed by atoms with Crippen molar-refractivity contribution in [3.05, 3.63) is 35.9 Å². The summed E-state index contributed by atoms with van der Waals surface area (Å²) >= 11 is 0. The summed E-state index contributed by atoms with van der Waals surface area (Å²) in [6.45, 7) is 0.685. The first-order valence-corrected chi connectivity index (χ1v) is 4.56. The first-order valence-electron chi connectivity index (χ1n) is 4.56. The van der Waals surface area contributed by atoms with E-state index in [4.69, 9.17) is 5.73 Å². The molecule has 15 heavy (non-hydrogen) atoms. The van der Waals surface area contributed by atoms with Crippen molar-refractivity contribution in [3.8, 4) is 0 Å². The van der Waals surface area contributed by atoms with Crippen LogP contribution in [-0.4, -0.2) is 25.0 Å². The van der Waals surface area contributed by atoms with Crippen LogP contribution in [0.4, 0.5) is 4.79 Å². The molecule has 0 fully saturated rings. The summed E-state index contributed by atoms with van der Waals surface area (Å²) in [5, 5.41) is 5.02. The summed E-state index contributed by atoms with van der Waals surface area (Å²) in [5.74, 6) is -0.165. The van der Waals surface area contributed by atoms with Gasteiger partial charge in [-0.2, -0.15) is 0 Å². The van der Waals surface area contributed by atoms with Crippen LogP contribution < -0.4 is 16.4 Å². The molecule has 3 amide bonds. The topological polar surface area (TPSA) is 84.2 Å². The van der Waals surface area contributed by atoms with Crippen LogP contribution in [0.25, 0.3) is 0 Å². The Morgan fingerprint density at radius 2 is 1.67 bits per heavy atom. The molecule has 0 bridgehead atoms. The van der Waals surface area contributed by atoms with Crippen molar-refractivity contribution < 1.29 is 9.59 Å². The van der Waals surface area contributed by atoms with Gasteiger partial charge in [0.1, 0.15) is 0 Å². The van der Waals surface area contributed by atoms with E-state index in [1.807, 2.05) is 6.07 Å². The Labute approximate surface area is 87.7 Å². The fourth-order valence-corrected chi connectivity index (χ4v) is 1.05. The van der Waals surface area contributed by atoms with Gasteiger partial charge in [0, 0.05) is 18.7 Å². The third-order valence-electron chi connectivity index (χ3n) is 1.75. The number of benzene rings is 1. The summed E-state index contributed by atoms with van der Waals surface area (Å²) in [4.78, 5) is 21.7. The number of nitrogens with two attached hydrogens (primary N) is 1. The number of carbonyl (C=O) groups is 2. The molecule has 0 aliphatic heterocycles. The second-order valence-electron chi connectivity index (χ2n) is 2.91. The summed E-state index contributed by atoms with van der Waals surface area (Å²) in [7, 11) is 0. The summed E-state index contributed by atoms with van der Waals surface area (Å²) < 4.78 is 0. The van der Waals surface area contributed by atoms with Crippen molar-refractivity contribution in [2.75, 3.05) is 13.1 Å². The number of amides is 3. The lowest BCUT2D eigenvalue weighted by atomic mass is 10.2. The van der Waals surface area contributed by atoms with Gasteiger partial charge in [0.05, 0.1) is 0 Å².